The first-order valence-corrected chi connectivity index (χ1v) is 7.23. The first kappa shape index (κ1) is 14.3. The van der Waals surface area contributed by atoms with E-state index in [0.717, 1.165) is 13.0 Å². The van der Waals surface area contributed by atoms with E-state index in [1.807, 2.05) is 17.7 Å². The van der Waals surface area contributed by atoms with E-state index < -0.39 is 12.0 Å². The number of carbonyl (C=O) groups is 2. The van der Waals surface area contributed by atoms with Gasteiger partial charge in [0.1, 0.15) is 5.69 Å². The summed E-state index contributed by atoms with van der Waals surface area (Å²) >= 11 is 1.31. The second-order valence-corrected chi connectivity index (χ2v) is 5.33. The van der Waals surface area contributed by atoms with Crippen molar-refractivity contribution < 1.29 is 14.7 Å². The molecule has 0 aromatic carbocycles. The molecule has 1 unspecified atom stereocenters. The molecular weight excluding hydrogens is 276 g/mol. The van der Waals surface area contributed by atoms with Gasteiger partial charge in [-0.25, -0.2) is 4.79 Å². The molecule has 2 N–H and O–H groups in total. The predicted octanol–water partition coefficient (Wildman–Crippen LogP) is 2.52. The Morgan fingerprint density at radius 2 is 2.20 bits per heavy atom. The van der Waals surface area contributed by atoms with Crippen LogP contribution in [0.15, 0.2) is 35.8 Å². The van der Waals surface area contributed by atoms with Crippen molar-refractivity contribution >= 4 is 23.2 Å². The molecule has 0 aliphatic rings. The van der Waals surface area contributed by atoms with E-state index in [9.17, 15) is 14.7 Å². The van der Waals surface area contributed by atoms with Gasteiger partial charge in [0.15, 0.2) is 6.04 Å². The van der Waals surface area contributed by atoms with Crippen LogP contribution in [0.4, 0.5) is 0 Å². The van der Waals surface area contributed by atoms with Crippen LogP contribution in [0.1, 0.15) is 34.8 Å². The SMILES string of the molecule is CCCn1cccc1C(=O)NC(C(=O)O)c1cccs1. The van der Waals surface area contributed by atoms with Crippen LogP contribution in [0.25, 0.3) is 0 Å². The van der Waals surface area contributed by atoms with Gasteiger partial charge in [-0.2, -0.15) is 0 Å². The molecule has 106 valence electrons. The van der Waals surface area contributed by atoms with Gasteiger partial charge in [-0.15, -0.1) is 11.3 Å². The Bertz CT molecular complexity index is 589. The number of carboxylic acids is 1. The highest BCUT2D eigenvalue weighted by Gasteiger charge is 2.24. The Labute approximate surface area is 120 Å². The zero-order chi connectivity index (χ0) is 14.5. The normalized spacial score (nSPS) is 12.1. The van der Waals surface area contributed by atoms with E-state index in [1.165, 1.54) is 11.3 Å². The molecule has 2 heterocycles. The van der Waals surface area contributed by atoms with Crippen LogP contribution in [0.3, 0.4) is 0 Å². The summed E-state index contributed by atoms with van der Waals surface area (Å²) in [6.07, 6.45) is 2.72. The molecule has 0 spiro atoms. The Morgan fingerprint density at radius 3 is 2.80 bits per heavy atom. The number of carboxylic acid groups (broad SMARTS) is 1. The van der Waals surface area contributed by atoms with E-state index in [1.54, 1.807) is 29.6 Å². The van der Waals surface area contributed by atoms with Crippen LogP contribution in [-0.2, 0) is 11.3 Å². The minimum atomic E-state index is -1.06. The molecule has 20 heavy (non-hydrogen) atoms. The minimum Gasteiger partial charge on any atom is -0.479 e. The molecule has 0 fully saturated rings. The summed E-state index contributed by atoms with van der Waals surface area (Å²) in [7, 11) is 0. The summed E-state index contributed by atoms with van der Waals surface area (Å²) in [5.41, 5.74) is 0.481. The van der Waals surface area contributed by atoms with Crippen molar-refractivity contribution in [1.29, 1.82) is 0 Å². The molecular formula is C14H16N2O3S. The highest BCUT2D eigenvalue weighted by Crippen LogP contribution is 2.19. The van der Waals surface area contributed by atoms with Crippen LogP contribution in [0.5, 0.6) is 0 Å². The number of aliphatic carboxylic acids is 1. The molecule has 1 atom stereocenters. The fourth-order valence-electron chi connectivity index (χ4n) is 1.97. The Kier molecular flexibility index (Phi) is 4.57. The number of hydrogen-bond acceptors (Lipinski definition) is 3. The molecule has 0 aliphatic heterocycles. The van der Waals surface area contributed by atoms with Gasteiger partial charge in [-0.3, -0.25) is 4.79 Å². The average molecular weight is 292 g/mol. The topological polar surface area (TPSA) is 71.3 Å². The molecule has 6 heteroatoms. The zero-order valence-electron chi connectivity index (χ0n) is 11.1. The summed E-state index contributed by atoms with van der Waals surface area (Å²) in [6.45, 7) is 2.75. The third-order valence-electron chi connectivity index (χ3n) is 2.88. The lowest BCUT2D eigenvalue weighted by Gasteiger charge is -2.14. The van der Waals surface area contributed by atoms with Gasteiger partial charge in [0.05, 0.1) is 0 Å². The van der Waals surface area contributed by atoms with Crippen LogP contribution in [-0.4, -0.2) is 21.6 Å². The fraction of sp³-hybridized carbons (Fsp3) is 0.286. The Hall–Kier alpha value is -2.08. The predicted molar refractivity (Wildman–Crippen MR) is 76.9 cm³/mol. The number of thiophene rings is 1. The highest BCUT2D eigenvalue weighted by molar-refractivity contribution is 7.10. The molecule has 2 aromatic rings. The summed E-state index contributed by atoms with van der Waals surface area (Å²) in [4.78, 5) is 24.1. The summed E-state index contributed by atoms with van der Waals surface area (Å²) in [5, 5.41) is 13.6. The monoisotopic (exact) mass is 292 g/mol. The summed E-state index contributed by atoms with van der Waals surface area (Å²) in [6, 6.07) is 5.94. The molecule has 2 aromatic heterocycles. The van der Waals surface area contributed by atoms with E-state index in [4.69, 9.17) is 0 Å². The summed E-state index contributed by atoms with van der Waals surface area (Å²) < 4.78 is 1.82. The van der Waals surface area contributed by atoms with Gasteiger partial charge < -0.3 is 15.0 Å². The Balaban J connectivity index is 2.16. The number of rotatable bonds is 6. The van der Waals surface area contributed by atoms with Gasteiger partial charge >= 0.3 is 5.97 Å². The third kappa shape index (κ3) is 3.08. The molecule has 5 nitrogen and oxygen atoms in total. The maximum absolute atomic E-state index is 12.2. The lowest BCUT2D eigenvalue weighted by atomic mass is 10.2. The molecule has 1 amide bonds. The van der Waals surface area contributed by atoms with Crippen LogP contribution < -0.4 is 5.32 Å². The van der Waals surface area contributed by atoms with E-state index in [2.05, 4.69) is 5.32 Å². The van der Waals surface area contributed by atoms with Crippen LogP contribution in [0, 0.1) is 0 Å². The van der Waals surface area contributed by atoms with Crippen LogP contribution in [0.2, 0.25) is 0 Å². The smallest absolute Gasteiger partial charge is 0.331 e. The van der Waals surface area contributed by atoms with Crippen molar-refractivity contribution in [2.75, 3.05) is 0 Å². The standard InChI is InChI=1S/C14H16N2O3S/c1-2-7-16-8-3-5-10(16)13(17)15-12(14(18)19)11-6-4-9-20-11/h3-6,8-9,12H,2,7H2,1H3,(H,15,17)(H,18,19). The maximum atomic E-state index is 12.2. The fourth-order valence-corrected chi connectivity index (χ4v) is 2.74. The number of aromatic nitrogens is 1. The van der Waals surface area contributed by atoms with E-state index in [0.29, 0.717) is 10.6 Å². The number of aryl methyl sites for hydroxylation is 1. The number of hydrogen-bond donors (Lipinski definition) is 2. The third-order valence-corrected chi connectivity index (χ3v) is 3.81. The molecule has 0 aliphatic carbocycles. The largest absolute Gasteiger partial charge is 0.479 e. The lowest BCUT2D eigenvalue weighted by molar-refractivity contribution is -0.139. The first-order chi connectivity index (χ1) is 9.63. The molecule has 0 saturated heterocycles. The van der Waals surface area contributed by atoms with E-state index >= 15 is 0 Å². The molecule has 2 rings (SSSR count). The van der Waals surface area contributed by atoms with Crippen LogP contribution >= 0.6 is 11.3 Å². The summed E-state index contributed by atoms with van der Waals surface area (Å²) in [5.74, 6) is -1.43. The first-order valence-electron chi connectivity index (χ1n) is 6.35. The Morgan fingerprint density at radius 1 is 1.40 bits per heavy atom. The van der Waals surface area contributed by atoms with Gasteiger partial charge in [0, 0.05) is 17.6 Å². The molecule has 0 saturated carbocycles. The molecule has 0 bridgehead atoms. The van der Waals surface area contributed by atoms with Crippen molar-refractivity contribution in [1.82, 2.24) is 9.88 Å². The van der Waals surface area contributed by atoms with Crippen molar-refractivity contribution in [2.45, 2.75) is 25.9 Å². The molecule has 0 radical (unpaired) electrons. The highest BCUT2D eigenvalue weighted by atomic mass is 32.1. The van der Waals surface area contributed by atoms with Crippen molar-refractivity contribution in [2.24, 2.45) is 0 Å². The number of carbonyl (C=O) groups excluding carboxylic acids is 1. The van der Waals surface area contributed by atoms with Crippen molar-refractivity contribution in [3.8, 4) is 0 Å². The van der Waals surface area contributed by atoms with Crippen molar-refractivity contribution in [3.05, 3.63) is 46.4 Å². The van der Waals surface area contributed by atoms with Gasteiger partial charge in [-0.05, 0) is 30.0 Å². The number of amides is 1. The quantitative estimate of drug-likeness (QED) is 0.859. The average Bonchev–Trinajstić information content (AvgIpc) is 3.06. The van der Waals surface area contributed by atoms with Gasteiger partial charge in [-0.1, -0.05) is 13.0 Å². The van der Waals surface area contributed by atoms with Crippen molar-refractivity contribution in [3.63, 3.8) is 0 Å². The zero-order valence-corrected chi connectivity index (χ0v) is 11.9. The lowest BCUT2D eigenvalue weighted by Crippen LogP contribution is -2.34. The van der Waals surface area contributed by atoms with E-state index in [-0.39, 0.29) is 5.91 Å². The maximum Gasteiger partial charge on any atom is 0.331 e. The van der Waals surface area contributed by atoms with Gasteiger partial charge in [0.25, 0.3) is 5.91 Å². The minimum absolute atomic E-state index is 0.371. The van der Waals surface area contributed by atoms with Gasteiger partial charge in [0.2, 0.25) is 0 Å². The number of nitrogens with one attached hydrogen (secondary N) is 1. The second-order valence-electron chi connectivity index (χ2n) is 4.35. The number of nitrogens with zero attached hydrogens (tertiary/aromatic N) is 1. The second kappa shape index (κ2) is 6.38.